The fraction of sp³-hybridized carbons (Fsp3) is 0.538. The average molecular weight is 190 g/mol. The summed E-state index contributed by atoms with van der Waals surface area (Å²) in [4.78, 5) is 0. The number of anilines is 1. The van der Waals surface area contributed by atoms with Gasteiger partial charge in [-0.15, -0.1) is 0 Å². The van der Waals surface area contributed by atoms with Gasteiger partial charge in [0.05, 0.1) is 0 Å². The molecule has 1 heteroatoms. The van der Waals surface area contributed by atoms with E-state index in [0.29, 0.717) is 0 Å². The number of hydrogen-bond donors (Lipinski definition) is 1. The third-order valence-corrected chi connectivity index (χ3v) is 2.52. The molecule has 0 saturated carbocycles. The van der Waals surface area contributed by atoms with E-state index >= 15 is 0 Å². The summed E-state index contributed by atoms with van der Waals surface area (Å²) >= 11 is 0. The first-order valence-electron chi connectivity index (χ1n) is 5.48. The van der Waals surface area contributed by atoms with Crippen LogP contribution in [0, 0.1) is 12.0 Å². The second kappa shape index (κ2) is 5.69. The maximum Gasteiger partial charge on any atom is 0.0397 e. The van der Waals surface area contributed by atoms with Gasteiger partial charge in [0.15, 0.2) is 0 Å². The lowest BCUT2D eigenvalue weighted by Gasteiger charge is -2.10. The summed E-state index contributed by atoms with van der Waals surface area (Å²) in [6.07, 6.45) is 5.07. The minimum absolute atomic E-state index is 0.755. The van der Waals surface area contributed by atoms with Crippen molar-refractivity contribution in [3.05, 3.63) is 29.8 Å². The maximum atomic E-state index is 5.68. The van der Waals surface area contributed by atoms with Crippen LogP contribution in [0.15, 0.2) is 18.2 Å². The highest BCUT2D eigenvalue weighted by Crippen LogP contribution is 2.15. The van der Waals surface area contributed by atoms with E-state index in [1.54, 1.807) is 0 Å². The number of unbranched alkanes of at least 4 members (excludes halogenated alkanes) is 1. The molecule has 0 saturated heterocycles. The van der Waals surface area contributed by atoms with E-state index in [1.807, 2.05) is 12.1 Å². The van der Waals surface area contributed by atoms with E-state index in [-0.39, 0.29) is 0 Å². The monoisotopic (exact) mass is 190 g/mol. The van der Waals surface area contributed by atoms with Crippen molar-refractivity contribution in [2.75, 3.05) is 5.73 Å². The smallest absolute Gasteiger partial charge is 0.0397 e. The second-order valence-electron chi connectivity index (χ2n) is 4.10. The first-order valence-corrected chi connectivity index (χ1v) is 5.48. The molecule has 2 N–H and O–H groups in total. The summed E-state index contributed by atoms with van der Waals surface area (Å²) in [6, 6.07) is 9.02. The summed E-state index contributed by atoms with van der Waals surface area (Å²) in [7, 11) is 0. The van der Waals surface area contributed by atoms with Crippen molar-refractivity contribution < 1.29 is 0 Å². The van der Waals surface area contributed by atoms with Gasteiger partial charge < -0.3 is 5.73 Å². The topological polar surface area (TPSA) is 26.0 Å². The number of hydrogen-bond acceptors (Lipinski definition) is 1. The van der Waals surface area contributed by atoms with Crippen LogP contribution in [-0.2, 0) is 6.42 Å². The fourth-order valence-electron chi connectivity index (χ4n) is 1.72. The van der Waals surface area contributed by atoms with E-state index < -0.39 is 0 Å². The molecule has 0 bridgehead atoms. The standard InChI is InChI=1S/C13H20N/c1-3-4-6-11(2)9-12-7-5-8-13(14)10-12/h5,7,10-11H,3-4,6,9,14H2,1-2H3. The van der Waals surface area contributed by atoms with Crippen molar-refractivity contribution in [1.82, 2.24) is 0 Å². The molecular weight excluding hydrogens is 170 g/mol. The molecule has 1 atom stereocenters. The summed E-state index contributed by atoms with van der Waals surface area (Å²) < 4.78 is 0. The summed E-state index contributed by atoms with van der Waals surface area (Å²) in [5.74, 6) is 0.761. The Kier molecular flexibility index (Phi) is 4.51. The van der Waals surface area contributed by atoms with Gasteiger partial charge in [-0.3, -0.25) is 0 Å². The van der Waals surface area contributed by atoms with E-state index in [0.717, 1.165) is 18.0 Å². The molecule has 77 valence electrons. The van der Waals surface area contributed by atoms with E-state index in [1.165, 1.54) is 24.8 Å². The molecule has 1 aromatic carbocycles. The highest BCUT2D eigenvalue weighted by molar-refractivity contribution is 5.39. The first-order chi connectivity index (χ1) is 6.72. The van der Waals surface area contributed by atoms with Crippen molar-refractivity contribution >= 4 is 5.69 Å². The highest BCUT2D eigenvalue weighted by Gasteiger charge is 2.03. The molecule has 14 heavy (non-hydrogen) atoms. The Hall–Kier alpha value is -0.980. The Bertz CT molecular complexity index is 268. The molecule has 0 aliphatic carbocycles. The number of nitrogens with two attached hydrogens (primary N) is 1. The fourth-order valence-corrected chi connectivity index (χ4v) is 1.72. The minimum atomic E-state index is 0.755. The molecule has 0 amide bonds. The zero-order chi connectivity index (χ0) is 10.4. The lowest BCUT2D eigenvalue weighted by molar-refractivity contribution is 0.504. The van der Waals surface area contributed by atoms with Crippen LogP contribution in [0.25, 0.3) is 0 Å². The predicted octanol–water partition coefficient (Wildman–Crippen LogP) is 3.44. The molecule has 0 fully saturated rings. The molecule has 0 heterocycles. The number of nitrogen functional groups attached to an aromatic ring is 1. The third-order valence-electron chi connectivity index (χ3n) is 2.52. The van der Waals surface area contributed by atoms with Gasteiger partial charge in [-0.1, -0.05) is 45.2 Å². The number of benzene rings is 1. The third kappa shape index (κ3) is 3.82. The molecule has 0 aliphatic rings. The van der Waals surface area contributed by atoms with Crippen LogP contribution in [-0.4, -0.2) is 0 Å². The van der Waals surface area contributed by atoms with Crippen LogP contribution < -0.4 is 5.73 Å². The molecule has 1 unspecified atom stereocenters. The van der Waals surface area contributed by atoms with Gasteiger partial charge in [-0.05, 0) is 24.0 Å². The molecular formula is C13H20N. The van der Waals surface area contributed by atoms with Crippen LogP contribution in [0.5, 0.6) is 0 Å². The Morgan fingerprint density at radius 2 is 2.29 bits per heavy atom. The minimum Gasteiger partial charge on any atom is -0.398 e. The van der Waals surface area contributed by atoms with Gasteiger partial charge >= 0.3 is 0 Å². The largest absolute Gasteiger partial charge is 0.398 e. The molecule has 1 radical (unpaired) electrons. The van der Waals surface area contributed by atoms with Crippen LogP contribution >= 0.6 is 0 Å². The Morgan fingerprint density at radius 3 is 2.93 bits per heavy atom. The predicted molar refractivity (Wildman–Crippen MR) is 62.1 cm³/mol. The maximum absolute atomic E-state index is 5.68. The summed E-state index contributed by atoms with van der Waals surface area (Å²) in [5.41, 5.74) is 7.77. The van der Waals surface area contributed by atoms with Gasteiger partial charge in [-0.2, -0.15) is 0 Å². The zero-order valence-electron chi connectivity index (χ0n) is 9.22. The first kappa shape index (κ1) is 11.1. The van der Waals surface area contributed by atoms with Gasteiger partial charge in [0.2, 0.25) is 0 Å². The Morgan fingerprint density at radius 1 is 1.50 bits per heavy atom. The van der Waals surface area contributed by atoms with Gasteiger partial charge in [0.25, 0.3) is 0 Å². The SMILES string of the molecule is CCCCC(C)Cc1cc[c]c(N)c1. The Balaban J connectivity index is 2.43. The van der Waals surface area contributed by atoms with E-state index in [4.69, 9.17) is 5.73 Å². The highest BCUT2D eigenvalue weighted by atomic mass is 14.5. The average Bonchev–Trinajstić information content (AvgIpc) is 2.15. The molecule has 0 spiro atoms. The summed E-state index contributed by atoms with van der Waals surface area (Å²) in [5, 5.41) is 0. The van der Waals surface area contributed by atoms with Gasteiger partial charge in [0.1, 0.15) is 0 Å². The van der Waals surface area contributed by atoms with Crippen LogP contribution in [0.4, 0.5) is 5.69 Å². The van der Waals surface area contributed by atoms with Crippen molar-refractivity contribution in [3.63, 3.8) is 0 Å². The second-order valence-corrected chi connectivity index (χ2v) is 4.10. The quantitative estimate of drug-likeness (QED) is 0.707. The molecule has 0 aromatic heterocycles. The van der Waals surface area contributed by atoms with Crippen LogP contribution in [0.2, 0.25) is 0 Å². The lowest BCUT2D eigenvalue weighted by Crippen LogP contribution is -2.00. The van der Waals surface area contributed by atoms with E-state index in [9.17, 15) is 0 Å². The van der Waals surface area contributed by atoms with Gasteiger partial charge in [0, 0.05) is 11.8 Å². The van der Waals surface area contributed by atoms with Crippen molar-refractivity contribution in [3.8, 4) is 0 Å². The lowest BCUT2D eigenvalue weighted by atomic mass is 9.96. The molecule has 1 nitrogen and oxygen atoms in total. The van der Waals surface area contributed by atoms with Crippen molar-refractivity contribution in [1.29, 1.82) is 0 Å². The van der Waals surface area contributed by atoms with E-state index in [2.05, 4.69) is 26.0 Å². The van der Waals surface area contributed by atoms with Gasteiger partial charge in [-0.25, -0.2) is 0 Å². The van der Waals surface area contributed by atoms with Crippen molar-refractivity contribution in [2.45, 2.75) is 39.5 Å². The van der Waals surface area contributed by atoms with Crippen molar-refractivity contribution in [2.24, 2.45) is 5.92 Å². The molecule has 1 aromatic rings. The molecule has 1 rings (SSSR count). The summed E-state index contributed by atoms with van der Waals surface area (Å²) in [6.45, 7) is 4.55. The van der Waals surface area contributed by atoms with Crippen LogP contribution in [0.1, 0.15) is 38.7 Å². The Labute approximate surface area is 87.3 Å². The normalized spacial score (nSPS) is 12.7. The molecule has 0 aliphatic heterocycles. The zero-order valence-corrected chi connectivity index (χ0v) is 9.22. The van der Waals surface area contributed by atoms with Crippen LogP contribution in [0.3, 0.4) is 0 Å². The number of rotatable bonds is 5.